The molecule has 19 heavy (non-hydrogen) atoms. The van der Waals surface area contributed by atoms with E-state index in [4.69, 9.17) is 0 Å². The Morgan fingerprint density at radius 2 is 2.32 bits per heavy atom. The third kappa shape index (κ3) is 3.70. The van der Waals surface area contributed by atoms with Crippen molar-refractivity contribution in [3.63, 3.8) is 0 Å². The molecule has 0 bridgehead atoms. The Kier molecular flexibility index (Phi) is 4.80. The van der Waals surface area contributed by atoms with Gasteiger partial charge in [-0.1, -0.05) is 6.07 Å². The van der Waals surface area contributed by atoms with Crippen LogP contribution in [-0.4, -0.2) is 32.6 Å². The fraction of sp³-hybridized carbons (Fsp3) is 0.533. The molecule has 1 aromatic rings. The zero-order valence-electron chi connectivity index (χ0n) is 11.8. The van der Waals surface area contributed by atoms with E-state index in [1.54, 1.807) is 7.05 Å². The highest BCUT2D eigenvalue weighted by Gasteiger charge is 2.13. The molecule has 3 N–H and O–H groups in total. The predicted octanol–water partition coefficient (Wildman–Crippen LogP) is 1.77. The number of anilines is 1. The van der Waals surface area contributed by atoms with Crippen LogP contribution in [0.25, 0.3) is 0 Å². The smallest absolute Gasteiger partial charge is 0.251 e. The molecule has 0 aromatic heterocycles. The predicted molar refractivity (Wildman–Crippen MR) is 78.7 cm³/mol. The van der Waals surface area contributed by atoms with Gasteiger partial charge in [-0.2, -0.15) is 0 Å². The fourth-order valence-corrected chi connectivity index (χ4v) is 2.45. The molecule has 4 heteroatoms. The third-order valence-electron chi connectivity index (χ3n) is 3.71. The second-order valence-corrected chi connectivity index (χ2v) is 5.20. The van der Waals surface area contributed by atoms with Gasteiger partial charge >= 0.3 is 0 Å². The summed E-state index contributed by atoms with van der Waals surface area (Å²) in [5.74, 6) is 0.638. The van der Waals surface area contributed by atoms with Crippen molar-refractivity contribution in [2.75, 3.05) is 32.0 Å². The van der Waals surface area contributed by atoms with Gasteiger partial charge in [0.05, 0.1) is 0 Å². The maximum atomic E-state index is 11.6. The van der Waals surface area contributed by atoms with Crippen LogP contribution in [0.2, 0.25) is 0 Å². The van der Waals surface area contributed by atoms with Gasteiger partial charge in [0.1, 0.15) is 0 Å². The molecule has 0 saturated carbocycles. The number of aryl methyl sites for hydroxylation is 1. The van der Waals surface area contributed by atoms with Crippen LogP contribution >= 0.6 is 0 Å². The number of carbonyl (C=O) groups is 1. The fourth-order valence-electron chi connectivity index (χ4n) is 2.45. The van der Waals surface area contributed by atoms with Gasteiger partial charge in [0.15, 0.2) is 0 Å². The van der Waals surface area contributed by atoms with Gasteiger partial charge in [-0.05, 0) is 56.5 Å². The lowest BCUT2D eigenvalue weighted by atomic mass is 9.99. The topological polar surface area (TPSA) is 53.2 Å². The van der Waals surface area contributed by atoms with E-state index in [2.05, 4.69) is 22.9 Å². The van der Waals surface area contributed by atoms with Crippen molar-refractivity contribution in [1.82, 2.24) is 10.6 Å². The van der Waals surface area contributed by atoms with Crippen molar-refractivity contribution in [2.45, 2.75) is 19.8 Å². The summed E-state index contributed by atoms with van der Waals surface area (Å²) < 4.78 is 0. The first-order valence-corrected chi connectivity index (χ1v) is 6.98. The lowest BCUT2D eigenvalue weighted by Crippen LogP contribution is -2.33. The standard InChI is InChI=1S/C15H23N3O/c1-11-5-6-13(15(19)16-2)8-14(11)18-10-12-4-3-7-17-9-12/h5-6,8,12,17-18H,3-4,7,9-10H2,1-2H3,(H,16,19). The molecule has 1 unspecified atom stereocenters. The lowest BCUT2D eigenvalue weighted by Gasteiger charge is -2.24. The number of hydrogen-bond acceptors (Lipinski definition) is 3. The van der Waals surface area contributed by atoms with Crippen LogP contribution in [0.5, 0.6) is 0 Å². The van der Waals surface area contributed by atoms with Crippen LogP contribution in [-0.2, 0) is 0 Å². The van der Waals surface area contributed by atoms with Gasteiger partial charge in [-0.25, -0.2) is 0 Å². The highest BCUT2D eigenvalue weighted by Crippen LogP contribution is 2.18. The first kappa shape index (κ1) is 13.9. The first-order valence-electron chi connectivity index (χ1n) is 6.98. The van der Waals surface area contributed by atoms with Crippen molar-refractivity contribution < 1.29 is 4.79 Å². The number of piperidine rings is 1. The number of amides is 1. The first-order chi connectivity index (χ1) is 9.20. The van der Waals surface area contributed by atoms with E-state index in [-0.39, 0.29) is 5.91 Å². The average molecular weight is 261 g/mol. The molecule has 1 fully saturated rings. The van der Waals surface area contributed by atoms with Crippen molar-refractivity contribution >= 4 is 11.6 Å². The van der Waals surface area contributed by atoms with E-state index in [0.717, 1.165) is 25.3 Å². The number of benzene rings is 1. The second-order valence-electron chi connectivity index (χ2n) is 5.20. The zero-order valence-corrected chi connectivity index (χ0v) is 11.8. The van der Waals surface area contributed by atoms with Crippen molar-refractivity contribution in [2.24, 2.45) is 5.92 Å². The quantitative estimate of drug-likeness (QED) is 0.774. The van der Waals surface area contributed by atoms with Crippen LogP contribution in [0.15, 0.2) is 18.2 Å². The lowest BCUT2D eigenvalue weighted by molar-refractivity contribution is 0.0963. The van der Waals surface area contributed by atoms with Crippen LogP contribution in [0, 0.1) is 12.8 Å². The van der Waals surface area contributed by atoms with E-state index in [1.165, 1.54) is 18.4 Å². The minimum Gasteiger partial charge on any atom is -0.384 e. The molecule has 0 aliphatic carbocycles. The Morgan fingerprint density at radius 1 is 1.47 bits per heavy atom. The van der Waals surface area contributed by atoms with E-state index in [1.807, 2.05) is 18.2 Å². The molecule has 0 radical (unpaired) electrons. The SMILES string of the molecule is CNC(=O)c1ccc(C)c(NCC2CCCNC2)c1. The molecule has 104 valence electrons. The number of carbonyl (C=O) groups excluding carboxylic acids is 1. The number of hydrogen-bond donors (Lipinski definition) is 3. The third-order valence-corrected chi connectivity index (χ3v) is 3.71. The highest BCUT2D eigenvalue weighted by atomic mass is 16.1. The molecule has 1 atom stereocenters. The summed E-state index contributed by atoms with van der Waals surface area (Å²) in [6.45, 7) is 5.25. The zero-order chi connectivity index (χ0) is 13.7. The van der Waals surface area contributed by atoms with Gasteiger partial charge in [0.25, 0.3) is 5.91 Å². The van der Waals surface area contributed by atoms with Gasteiger partial charge in [-0.15, -0.1) is 0 Å². The van der Waals surface area contributed by atoms with E-state index in [0.29, 0.717) is 11.5 Å². The molecule has 0 spiro atoms. The van der Waals surface area contributed by atoms with Crippen molar-refractivity contribution in [3.8, 4) is 0 Å². The summed E-state index contributed by atoms with van der Waals surface area (Å²) >= 11 is 0. The highest BCUT2D eigenvalue weighted by molar-refractivity contribution is 5.95. The van der Waals surface area contributed by atoms with Gasteiger partial charge in [0.2, 0.25) is 0 Å². The van der Waals surface area contributed by atoms with Gasteiger partial charge < -0.3 is 16.0 Å². The molecule has 1 aliphatic rings. The van der Waals surface area contributed by atoms with Crippen LogP contribution in [0.4, 0.5) is 5.69 Å². The molecule has 2 rings (SSSR count). The van der Waals surface area contributed by atoms with Crippen LogP contribution in [0.3, 0.4) is 0 Å². The Labute approximate surface area is 115 Å². The number of nitrogens with one attached hydrogen (secondary N) is 3. The Hall–Kier alpha value is -1.55. The van der Waals surface area contributed by atoms with E-state index in [9.17, 15) is 4.79 Å². The molecule has 1 aliphatic heterocycles. The maximum absolute atomic E-state index is 11.6. The van der Waals surface area contributed by atoms with E-state index >= 15 is 0 Å². The molecule has 1 amide bonds. The summed E-state index contributed by atoms with van der Waals surface area (Å²) in [6.07, 6.45) is 2.53. The molecule has 4 nitrogen and oxygen atoms in total. The minimum absolute atomic E-state index is 0.0395. The maximum Gasteiger partial charge on any atom is 0.251 e. The summed E-state index contributed by atoms with van der Waals surface area (Å²) in [5, 5.41) is 9.56. The van der Waals surface area contributed by atoms with Crippen LogP contribution < -0.4 is 16.0 Å². The summed E-state index contributed by atoms with van der Waals surface area (Å²) in [4.78, 5) is 11.6. The average Bonchev–Trinajstić information content (AvgIpc) is 2.46. The molecule has 1 saturated heterocycles. The molecule has 1 aromatic carbocycles. The van der Waals surface area contributed by atoms with Crippen LogP contribution in [0.1, 0.15) is 28.8 Å². The second kappa shape index (κ2) is 6.57. The molecular formula is C15H23N3O. The minimum atomic E-state index is -0.0395. The van der Waals surface area contributed by atoms with Gasteiger partial charge in [-0.3, -0.25) is 4.79 Å². The van der Waals surface area contributed by atoms with Gasteiger partial charge in [0, 0.05) is 24.8 Å². The molecular weight excluding hydrogens is 238 g/mol. The van der Waals surface area contributed by atoms with E-state index < -0.39 is 0 Å². The Bertz CT molecular complexity index is 439. The monoisotopic (exact) mass is 261 g/mol. The van der Waals surface area contributed by atoms with Crippen molar-refractivity contribution in [1.29, 1.82) is 0 Å². The summed E-state index contributed by atoms with van der Waals surface area (Å²) in [5.41, 5.74) is 2.94. The summed E-state index contributed by atoms with van der Waals surface area (Å²) in [7, 11) is 1.66. The molecule has 1 heterocycles. The Balaban J connectivity index is 2.00. The number of rotatable bonds is 4. The summed E-state index contributed by atoms with van der Waals surface area (Å²) in [6, 6.07) is 5.79. The Morgan fingerprint density at radius 3 is 3.00 bits per heavy atom. The largest absolute Gasteiger partial charge is 0.384 e. The van der Waals surface area contributed by atoms with Crippen molar-refractivity contribution in [3.05, 3.63) is 29.3 Å². The normalized spacial score (nSPS) is 18.9.